The van der Waals surface area contributed by atoms with Crippen LogP contribution in [-0.4, -0.2) is 33.5 Å². The number of fused-ring (bicyclic) bond motifs is 1. The largest absolute Gasteiger partial charge is 0.360 e. The zero-order valence-corrected chi connectivity index (χ0v) is 14.9. The van der Waals surface area contributed by atoms with Gasteiger partial charge in [0.25, 0.3) is 0 Å². The lowest BCUT2D eigenvalue weighted by Gasteiger charge is -2.06. The van der Waals surface area contributed by atoms with E-state index in [-0.39, 0.29) is 23.3 Å². The lowest BCUT2D eigenvalue weighted by molar-refractivity contribution is -0.114. The monoisotopic (exact) mass is 366 g/mol. The van der Waals surface area contributed by atoms with Crippen molar-refractivity contribution in [2.75, 3.05) is 22.1 Å². The van der Waals surface area contributed by atoms with Crippen molar-refractivity contribution in [3.8, 4) is 0 Å². The Morgan fingerprint density at radius 3 is 2.71 bits per heavy atom. The van der Waals surface area contributed by atoms with E-state index in [1.165, 1.54) is 29.5 Å². The van der Waals surface area contributed by atoms with E-state index in [0.717, 1.165) is 18.5 Å². The maximum absolute atomic E-state index is 11.9. The summed E-state index contributed by atoms with van der Waals surface area (Å²) in [6, 6.07) is 1.64. The highest BCUT2D eigenvalue weighted by Crippen LogP contribution is 2.29. The molecule has 128 valence electrons. The first-order chi connectivity index (χ1) is 11.6. The second kappa shape index (κ2) is 7.80. The number of anilines is 2. The molecular weight excluding hydrogens is 348 g/mol. The topological polar surface area (TPSA) is 97.1 Å². The Bertz CT molecular complexity index is 717. The minimum atomic E-state index is -0.217. The summed E-state index contributed by atoms with van der Waals surface area (Å²) in [7, 11) is 0. The van der Waals surface area contributed by atoms with Gasteiger partial charge in [0.1, 0.15) is 5.76 Å². The van der Waals surface area contributed by atoms with Crippen LogP contribution in [0.1, 0.15) is 29.2 Å². The van der Waals surface area contributed by atoms with Crippen molar-refractivity contribution in [1.82, 2.24) is 10.1 Å². The number of nitrogens with zero attached hydrogens (tertiary/aromatic N) is 2. The molecule has 0 fully saturated rings. The van der Waals surface area contributed by atoms with Crippen molar-refractivity contribution in [2.45, 2.75) is 32.6 Å². The van der Waals surface area contributed by atoms with E-state index in [4.69, 9.17) is 4.52 Å². The molecular formula is C15H18N4O3S2. The molecule has 0 bridgehead atoms. The molecule has 0 saturated carbocycles. The number of thioether (sulfide) groups is 1. The Morgan fingerprint density at radius 1 is 1.25 bits per heavy atom. The van der Waals surface area contributed by atoms with Gasteiger partial charge in [-0.3, -0.25) is 9.59 Å². The minimum absolute atomic E-state index is 0.142. The summed E-state index contributed by atoms with van der Waals surface area (Å²) in [5.74, 6) is 1.03. The van der Waals surface area contributed by atoms with E-state index < -0.39 is 0 Å². The SMILES string of the molecule is Cc1cc(NC(=O)CSCC(=O)Nc2nc3c(s2)CCCC3)no1. The maximum Gasteiger partial charge on any atom is 0.236 e. The molecule has 3 rings (SSSR count). The van der Waals surface area contributed by atoms with Crippen molar-refractivity contribution in [2.24, 2.45) is 0 Å². The summed E-state index contributed by atoms with van der Waals surface area (Å²) >= 11 is 2.80. The van der Waals surface area contributed by atoms with Crippen LogP contribution >= 0.6 is 23.1 Å². The van der Waals surface area contributed by atoms with Crippen LogP contribution in [0.25, 0.3) is 0 Å². The maximum atomic E-state index is 11.9. The molecule has 0 unspecified atom stereocenters. The van der Waals surface area contributed by atoms with Crippen LogP contribution in [0.2, 0.25) is 0 Å². The Morgan fingerprint density at radius 2 is 2.00 bits per heavy atom. The first-order valence-electron chi connectivity index (χ1n) is 7.69. The molecule has 0 saturated heterocycles. The molecule has 2 N–H and O–H groups in total. The number of aryl methyl sites for hydroxylation is 3. The Hall–Kier alpha value is -1.87. The lowest BCUT2D eigenvalue weighted by Crippen LogP contribution is -2.18. The predicted molar refractivity (Wildman–Crippen MR) is 94.6 cm³/mol. The van der Waals surface area contributed by atoms with Crippen molar-refractivity contribution >= 4 is 45.9 Å². The van der Waals surface area contributed by atoms with Gasteiger partial charge >= 0.3 is 0 Å². The number of amides is 2. The van der Waals surface area contributed by atoms with Gasteiger partial charge in [-0.25, -0.2) is 4.98 Å². The Balaban J connectivity index is 1.39. The third-order valence-corrected chi connectivity index (χ3v) is 5.46. The standard InChI is InChI=1S/C15H18N4O3S2/c1-9-6-12(19-22-9)17-13(20)7-23-8-14(21)18-15-16-10-4-2-3-5-11(10)24-15/h6H,2-5,7-8H2,1H3,(H,16,18,21)(H,17,19,20). The number of hydrogen-bond acceptors (Lipinski definition) is 7. The molecule has 0 spiro atoms. The average Bonchev–Trinajstić information content (AvgIpc) is 3.12. The number of carbonyl (C=O) groups is 2. The molecule has 0 atom stereocenters. The van der Waals surface area contributed by atoms with Crippen LogP contribution in [0, 0.1) is 6.92 Å². The fourth-order valence-electron chi connectivity index (χ4n) is 2.40. The zero-order chi connectivity index (χ0) is 16.9. The van der Waals surface area contributed by atoms with Crippen LogP contribution in [0.5, 0.6) is 0 Å². The number of hydrogen-bond donors (Lipinski definition) is 2. The van der Waals surface area contributed by atoms with Gasteiger partial charge in [0.15, 0.2) is 10.9 Å². The molecule has 0 aromatic carbocycles. The predicted octanol–water partition coefficient (Wildman–Crippen LogP) is 2.63. The highest BCUT2D eigenvalue weighted by Gasteiger charge is 2.16. The van der Waals surface area contributed by atoms with Gasteiger partial charge in [0, 0.05) is 10.9 Å². The fraction of sp³-hybridized carbons (Fsp3) is 0.467. The van der Waals surface area contributed by atoms with E-state index in [0.29, 0.717) is 16.7 Å². The average molecular weight is 366 g/mol. The molecule has 0 aliphatic heterocycles. The summed E-state index contributed by atoms with van der Waals surface area (Å²) in [6.07, 6.45) is 4.41. The number of carbonyl (C=O) groups excluding carboxylic acids is 2. The molecule has 2 aromatic heterocycles. The third kappa shape index (κ3) is 4.57. The summed E-state index contributed by atoms with van der Waals surface area (Å²) in [5, 5.41) is 9.77. The fourth-order valence-corrected chi connectivity index (χ4v) is 4.08. The van der Waals surface area contributed by atoms with Gasteiger partial charge in [-0.2, -0.15) is 0 Å². The van der Waals surface area contributed by atoms with Crippen LogP contribution in [0.3, 0.4) is 0 Å². The highest BCUT2D eigenvalue weighted by molar-refractivity contribution is 8.00. The number of nitrogens with one attached hydrogen (secondary N) is 2. The Labute approximate surface area is 147 Å². The quantitative estimate of drug-likeness (QED) is 0.816. The molecule has 1 aliphatic carbocycles. The highest BCUT2D eigenvalue weighted by atomic mass is 32.2. The molecule has 1 aliphatic rings. The third-order valence-electron chi connectivity index (χ3n) is 3.45. The smallest absolute Gasteiger partial charge is 0.236 e. The minimum Gasteiger partial charge on any atom is -0.360 e. The van der Waals surface area contributed by atoms with Crippen molar-refractivity contribution in [3.05, 3.63) is 22.4 Å². The molecule has 0 radical (unpaired) electrons. The Kier molecular flexibility index (Phi) is 5.52. The van der Waals surface area contributed by atoms with Crippen molar-refractivity contribution in [3.63, 3.8) is 0 Å². The molecule has 2 aromatic rings. The van der Waals surface area contributed by atoms with Gasteiger partial charge in [-0.05, 0) is 32.6 Å². The van der Waals surface area contributed by atoms with Gasteiger partial charge in [-0.1, -0.05) is 5.16 Å². The van der Waals surface area contributed by atoms with E-state index in [2.05, 4.69) is 20.8 Å². The van der Waals surface area contributed by atoms with E-state index in [1.807, 2.05) is 0 Å². The first kappa shape index (κ1) is 17.0. The van der Waals surface area contributed by atoms with E-state index in [1.54, 1.807) is 24.3 Å². The summed E-state index contributed by atoms with van der Waals surface area (Å²) in [4.78, 5) is 29.4. The van der Waals surface area contributed by atoms with Crippen LogP contribution in [-0.2, 0) is 22.4 Å². The van der Waals surface area contributed by atoms with Crippen LogP contribution < -0.4 is 10.6 Å². The van der Waals surface area contributed by atoms with Gasteiger partial charge in [-0.15, -0.1) is 23.1 Å². The summed E-state index contributed by atoms with van der Waals surface area (Å²) < 4.78 is 4.87. The van der Waals surface area contributed by atoms with Gasteiger partial charge in [0.2, 0.25) is 11.8 Å². The second-order valence-corrected chi connectivity index (χ2v) is 7.58. The normalized spacial score (nSPS) is 13.4. The van der Waals surface area contributed by atoms with Gasteiger partial charge < -0.3 is 15.2 Å². The number of aromatic nitrogens is 2. The molecule has 9 heteroatoms. The molecule has 24 heavy (non-hydrogen) atoms. The summed E-state index contributed by atoms with van der Waals surface area (Å²) in [5.41, 5.74) is 1.12. The van der Waals surface area contributed by atoms with Gasteiger partial charge in [0.05, 0.1) is 17.2 Å². The van der Waals surface area contributed by atoms with Crippen molar-refractivity contribution in [1.29, 1.82) is 0 Å². The van der Waals surface area contributed by atoms with Crippen LogP contribution in [0.15, 0.2) is 10.6 Å². The van der Waals surface area contributed by atoms with E-state index >= 15 is 0 Å². The summed E-state index contributed by atoms with van der Waals surface area (Å²) in [6.45, 7) is 1.75. The first-order valence-corrected chi connectivity index (χ1v) is 9.66. The lowest BCUT2D eigenvalue weighted by atomic mass is 10.0. The zero-order valence-electron chi connectivity index (χ0n) is 13.3. The molecule has 2 amide bonds. The molecule has 2 heterocycles. The second-order valence-electron chi connectivity index (χ2n) is 5.51. The molecule has 7 nitrogen and oxygen atoms in total. The number of rotatable bonds is 6. The van der Waals surface area contributed by atoms with Crippen molar-refractivity contribution < 1.29 is 14.1 Å². The van der Waals surface area contributed by atoms with E-state index in [9.17, 15) is 9.59 Å². The number of thiazole rings is 1. The van der Waals surface area contributed by atoms with Crippen LogP contribution in [0.4, 0.5) is 10.9 Å².